The Labute approximate surface area is 116 Å². The van der Waals surface area contributed by atoms with E-state index in [9.17, 15) is 9.70 Å². The van der Waals surface area contributed by atoms with E-state index in [1.807, 2.05) is 0 Å². The molecule has 1 N–H and O–H groups in total. The highest BCUT2D eigenvalue weighted by Crippen LogP contribution is 2.28. The number of hydrogen-bond donors (Lipinski definition) is 1. The van der Waals surface area contributed by atoms with E-state index in [2.05, 4.69) is 10.5 Å². The summed E-state index contributed by atoms with van der Waals surface area (Å²) >= 11 is 0. The summed E-state index contributed by atoms with van der Waals surface area (Å²) in [6.07, 6.45) is 0. The smallest absolute Gasteiger partial charge is 0.317 e. The molecule has 0 aliphatic carbocycles. The van der Waals surface area contributed by atoms with Crippen molar-refractivity contribution in [3.05, 3.63) is 28.7 Å². The van der Waals surface area contributed by atoms with Gasteiger partial charge in [0.15, 0.2) is 11.5 Å². The molecule has 2 amide bonds. The fourth-order valence-corrected chi connectivity index (χ4v) is 1.99. The summed E-state index contributed by atoms with van der Waals surface area (Å²) in [5.74, 6) is 1.14. The third-order valence-electron chi connectivity index (χ3n) is 3.04. The van der Waals surface area contributed by atoms with E-state index >= 15 is 0 Å². The highest BCUT2D eigenvalue weighted by atomic mass is 16.5. The number of methoxy groups -OCH3 is 1. The van der Waals surface area contributed by atoms with Crippen LogP contribution in [-0.4, -0.2) is 44.3 Å². The minimum absolute atomic E-state index is 0.0621. The molecule has 1 fully saturated rings. The van der Waals surface area contributed by atoms with Gasteiger partial charge in [-0.3, -0.25) is 0 Å². The van der Waals surface area contributed by atoms with Gasteiger partial charge in [-0.25, -0.2) is 4.79 Å². The molecule has 7 nitrogen and oxygen atoms in total. The molecule has 108 valence electrons. The van der Waals surface area contributed by atoms with E-state index in [0.717, 1.165) is 5.56 Å². The molecular weight excluding hydrogens is 262 g/mol. The Kier molecular flexibility index (Phi) is 4.75. The number of hydrogen-bond acceptors (Lipinski definition) is 5. The first-order chi connectivity index (χ1) is 9.74. The van der Waals surface area contributed by atoms with Crippen molar-refractivity contribution in [2.75, 3.05) is 33.4 Å². The quantitative estimate of drug-likeness (QED) is 0.764. The molecule has 7 heteroatoms. The molecule has 1 aliphatic rings. The average Bonchev–Trinajstić information content (AvgIpc) is 2.86. The maximum absolute atomic E-state index is 11.4. The van der Waals surface area contributed by atoms with Crippen LogP contribution in [0.5, 0.6) is 11.5 Å². The highest BCUT2D eigenvalue weighted by molar-refractivity contribution is 5.76. The summed E-state index contributed by atoms with van der Waals surface area (Å²) in [5.41, 5.74) is 0.767. The summed E-state index contributed by atoms with van der Waals surface area (Å²) in [6, 6.07) is 5.16. The molecule has 1 aromatic rings. The number of carbonyl (C=O) groups is 1. The predicted octanol–water partition coefficient (Wildman–Crippen LogP) is 1.37. The molecule has 1 aromatic carbocycles. The van der Waals surface area contributed by atoms with Gasteiger partial charge in [0.25, 0.3) is 0 Å². The van der Waals surface area contributed by atoms with Gasteiger partial charge < -0.3 is 19.7 Å². The number of nitrogens with zero attached hydrogens (tertiary/aromatic N) is 2. The van der Waals surface area contributed by atoms with Crippen molar-refractivity contribution < 1.29 is 14.3 Å². The molecular formula is C13H17N3O4. The lowest BCUT2D eigenvalue weighted by molar-refractivity contribution is 0.201. The van der Waals surface area contributed by atoms with Crippen LogP contribution in [0.4, 0.5) is 4.79 Å². The molecule has 0 unspecified atom stereocenters. The van der Waals surface area contributed by atoms with Gasteiger partial charge in [-0.15, -0.1) is 0 Å². The number of ether oxygens (including phenoxy) is 2. The van der Waals surface area contributed by atoms with E-state index in [-0.39, 0.29) is 12.6 Å². The lowest BCUT2D eigenvalue weighted by atomic mass is 10.2. The van der Waals surface area contributed by atoms with Crippen molar-refractivity contribution in [1.29, 1.82) is 0 Å². The van der Waals surface area contributed by atoms with Crippen molar-refractivity contribution in [2.45, 2.75) is 6.54 Å². The predicted molar refractivity (Wildman–Crippen MR) is 73.0 cm³/mol. The molecule has 20 heavy (non-hydrogen) atoms. The Morgan fingerprint density at radius 2 is 2.25 bits per heavy atom. The number of nitroso groups, excluding NO2 is 1. The SMILES string of the molecule is COc1cc(CN=O)ccc1OCCN1CCNC1=O. The first kappa shape index (κ1) is 14.1. The topological polar surface area (TPSA) is 80.2 Å². The first-order valence-corrected chi connectivity index (χ1v) is 6.36. The van der Waals surface area contributed by atoms with Gasteiger partial charge >= 0.3 is 6.03 Å². The van der Waals surface area contributed by atoms with Gasteiger partial charge in [0.2, 0.25) is 0 Å². The van der Waals surface area contributed by atoms with Gasteiger partial charge in [0.1, 0.15) is 13.2 Å². The first-order valence-electron chi connectivity index (χ1n) is 6.36. The van der Waals surface area contributed by atoms with Crippen molar-refractivity contribution in [3.8, 4) is 11.5 Å². The van der Waals surface area contributed by atoms with Crippen LogP contribution in [0.25, 0.3) is 0 Å². The standard InChI is InChI=1S/C13H17N3O4/c1-19-12-8-10(9-15-18)2-3-11(12)20-7-6-16-5-4-14-13(16)17/h2-3,8H,4-7,9H2,1H3,(H,14,17). The maximum atomic E-state index is 11.4. The fraction of sp³-hybridized carbons (Fsp3) is 0.462. The second-order valence-electron chi connectivity index (χ2n) is 4.34. The average molecular weight is 279 g/mol. The Bertz CT molecular complexity index is 493. The van der Waals surface area contributed by atoms with Gasteiger partial charge in [-0.1, -0.05) is 11.2 Å². The third kappa shape index (κ3) is 3.37. The van der Waals surface area contributed by atoms with Crippen molar-refractivity contribution in [1.82, 2.24) is 10.2 Å². The summed E-state index contributed by atoms with van der Waals surface area (Å²) in [6.45, 7) is 2.38. The lowest BCUT2D eigenvalue weighted by Crippen LogP contribution is -2.31. The van der Waals surface area contributed by atoms with E-state index in [0.29, 0.717) is 37.7 Å². The number of benzene rings is 1. The van der Waals surface area contributed by atoms with Crippen LogP contribution in [-0.2, 0) is 6.54 Å². The second-order valence-corrected chi connectivity index (χ2v) is 4.34. The van der Waals surface area contributed by atoms with Gasteiger partial charge in [-0.2, -0.15) is 4.91 Å². The number of nitrogens with one attached hydrogen (secondary N) is 1. The van der Waals surface area contributed by atoms with Crippen LogP contribution in [0, 0.1) is 4.91 Å². The highest BCUT2D eigenvalue weighted by Gasteiger charge is 2.18. The maximum Gasteiger partial charge on any atom is 0.317 e. The molecule has 0 bridgehead atoms. The molecule has 1 aliphatic heterocycles. The number of rotatable bonds is 7. The molecule has 0 saturated carbocycles. The van der Waals surface area contributed by atoms with Crippen LogP contribution < -0.4 is 14.8 Å². The Balaban J connectivity index is 1.91. The molecule has 0 spiro atoms. The molecule has 0 atom stereocenters. The van der Waals surface area contributed by atoms with E-state index < -0.39 is 0 Å². The monoisotopic (exact) mass is 279 g/mol. The number of carbonyl (C=O) groups excluding carboxylic acids is 1. The van der Waals surface area contributed by atoms with Crippen LogP contribution in [0.1, 0.15) is 5.56 Å². The Morgan fingerprint density at radius 1 is 1.40 bits per heavy atom. The largest absolute Gasteiger partial charge is 0.493 e. The summed E-state index contributed by atoms with van der Waals surface area (Å²) in [5, 5.41) is 5.57. The van der Waals surface area contributed by atoms with Crippen LogP contribution in [0.2, 0.25) is 0 Å². The summed E-state index contributed by atoms with van der Waals surface area (Å²) in [4.78, 5) is 23.3. The molecule has 2 rings (SSSR count). The minimum Gasteiger partial charge on any atom is -0.493 e. The van der Waals surface area contributed by atoms with E-state index in [1.54, 1.807) is 23.1 Å². The fourth-order valence-electron chi connectivity index (χ4n) is 1.99. The number of urea groups is 1. The molecule has 0 radical (unpaired) electrons. The molecule has 0 aromatic heterocycles. The van der Waals surface area contributed by atoms with E-state index in [1.165, 1.54) is 7.11 Å². The lowest BCUT2D eigenvalue weighted by Gasteiger charge is -2.16. The zero-order valence-electron chi connectivity index (χ0n) is 11.3. The van der Waals surface area contributed by atoms with Crippen LogP contribution in [0.3, 0.4) is 0 Å². The van der Waals surface area contributed by atoms with Crippen molar-refractivity contribution in [2.24, 2.45) is 5.18 Å². The van der Waals surface area contributed by atoms with Crippen LogP contribution in [0.15, 0.2) is 23.4 Å². The third-order valence-corrected chi connectivity index (χ3v) is 3.04. The summed E-state index contributed by atoms with van der Waals surface area (Å²) in [7, 11) is 1.54. The van der Waals surface area contributed by atoms with Crippen molar-refractivity contribution in [3.63, 3.8) is 0 Å². The normalized spacial score (nSPS) is 14.1. The number of amides is 2. The van der Waals surface area contributed by atoms with Crippen molar-refractivity contribution >= 4 is 6.03 Å². The van der Waals surface area contributed by atoms with E-state index in [4.69, 9.17) is 9.47 Å². The van der Waals surface area contributed by atoms with Gasteiger partial charge in [0.05, 0.1) is 13.7 Å². The Hall–Kier alpha value is -2.31. The zero-order chi connectivity index (χ0) is 14.4. The molecule has 1 heterocycles. The molecule has 1 saturated heterocycles. The zero-order valence-corrected chi connectivity index (χ0v) is 11.3. The second kappa shape index (κ2) is 6.74. The van der Waals surface area contributed by atoms with Gasteiger partial charge in [-0.05, 0) is 17.7 Å². The Morgan fingerprint density at radius 3 is 2.90 bits per heavy atom. The minimum atomic E-state index is -0.0621. The van der Waals surface area contributed by atoms with Gasteiger partial charge in [0, 0.05) is 13.1 Å². The summed E-state index contributed by atoms with van der Waals surface area (Å²) < 4.78 is 10.8. The van der Waals surface area contributed by atoms with Crippen LogP contribution >= 0.6 is 0 Å².